The van der Waals surface area contributed by atoms with Crippen LogP contribution in [0.5, 0.6) is 0 Å². The second-order valence-electron chi connectivity index (χ2n) is 4.95. The summed E-state index contributed by atoms with van der Waals surface area (Å²) in [7, 11) is 2.75. The number of hydrogen-bond donors (Lipinski definition) is 0. The highest BCUT2D eigenvalue weighted by molar-refractivity contribution is 8.13. The van der Waals surface area contributed by atoms with E-state index < -0.39 is 0 Å². The lowest BCUT2D eigenvalue weighted by atomic mass is 10.0. The minimum atomic E-state index is -0.271. The minimum Gasteiger partial charge on any atom is -0.469 e. The fourth-order valence-electron chi connectivity index (χ4n) is 1.85. The third-order valence-corrected chi connectivity index (χ3v) is 4.11. The van der Waals surface area contributed by atoms with Gasteiger partial charge in [0, 0.05) is 19.1 Å². The molecule has 0 rings (SSSR count). The predicted molar refractivity (Wildman–Crippen MR) is 87.5 cm³/mol. The van der Waals surface area contributed by atoms with Crippen molar-refractivity contribution in [3.63, 3.8) is 0 Å². The molecule has 126 valence electrons. The first-order valence-corrected chi connectivity index (χ1v) is 8.41. The summed E-state index contributed by atoms with van der Waals surface area (Å²) in [4.78, 5) is 33.2. The van der Waals surface area contributed by atoms with Crippen molar-refractivity contribution >= 4 is 28.8 Å². The Morgan fingerprint density at radius 2 is 1.73 bits per heavy atom. The van der Waals surface area contributed by atoms with E-state index in [0.29, 0.717) is 12.2 Å². The zero-order chi connectivity index (χ0) is 16.8. The molecule has 22 heavy (non-hydrogen) atoms. The first-order valence-electron chi connectivity index (χ1n) is 7.43. The summed E-state index contributed by atoms with van der Waals surface area (Å²) in [5.41, 5.74) is 0. The van der Waals surface area contributed by atoms with Crippen molar-refractivity contribution < 1.29 is 23.9 Å². The number of hydrogen-bond acceptors (Lipinski definition) is 6. The van der Waals surface area contributed by atoms with Crippen LogP contribution in [0.1, 0.15) is 45.4 Å². The van der Waals surface area contributed by atoms with E-state index in [1.54, 1.807) is 13.0 Å². The van der Waals surface area contributed by atoms with Crippen molar-refractivity contribution in [2.24, 2.45) is 5.92 Å². The van der Waals surface area contributed by atoms with Crippen LogP contribution in [0, 0.1) is 5.92 Å². The number of thioether (sulfide) groups is 1. The second-order valence-corrected chi connectivity index (χ2v) is 6.14. The first kappa shape index (κ1) is 20.7. The highest BCUT2D eigenvalue weighted by Crippen LogP contribution is 2.18. The maximum Gasteiger partial charge on any atom is 0.309 e. The molecule has 1 atom stereocenters. The molecular weight excluding hydrogens is 304 g/mol. The summed E-state index contributed by atoms with van der Waals surface area (Å²) < 4.78 is 9.18. The van der Waals surface area contributed by atoms with Crippen molar-refractivity contribution in [3.05, 3.63) is 12.2 Å². The normalized spacial score (nSPS) is 12.1. The molecule has 0 N–H and O–H groups in total. The van der Waals surface area contributed by atoms with Crippen molar-refractivity contribution in [2.75, 3.05) is 20.0 Å². The van der Waals surface area contributed by atoms with Crippen LogP contribution in [0.4, 0.5) is 0 Å². The fourth-order valence-corrected chi connectivity index (χ4v) is 2.58. The fraction of sp³-hybridized carbons (Fsp3) is 0.688. The zero-order valence-corrected chi connectivity index (χ0v) is 14.4. The van der Waals surface area contributed by atoms with Crippen LogP contribution < -0.4 is 0 Å². The molecule has 0 saturated carbocycles. The van der Waals surface area contributed by atoms with E-state index in [1.165, 1.54) is 26.0 Å². The molecule has 0 aromatic heterocycles. The van der Waals surface area contributed by atoms with Crippen molar-refractivity contribution in [3.8, 4) is 0 Å². The Labute approximate surface area is 136 Å². The molecule has 0 spiro atoms. The Morgan fingerprint density at radius 3 is 2.32 bits per heavy atom. The molecule has 6 heteroatoms. The van der Waals surface area contributed by atoms with Crippen molar-refractivity contribution in [1.82, 2.24) is 0 Å². The highest BCUT2D eigenvalue weighted by atomic mass is 32.2. The van der Waals surface area contributed by atoms with Crippen LogP contribution in [0.2, 0.25) is 0 Å². The van der Waals surface area contributed by atoms with E-state index in [-0.39, 0.29) is 29.4 Å². The summed E-state index contributed by atoms with van der Waals surface area (Å²) in [5.74, 6) is 0.509. The molecule has 0 aliphatic carbocycles. The number of carbonyl (C=O) groups is 3. The third-order valence-electron chi connectivity index (χ3n) is 3.10. The van der Waals surface area contributed by atoms with Gasteiger partial charge >= 0.3 is 11.9 Å². The average Bonchev–Trinajstić information content (AvgIpc) is 2.50. The number of rotatable bonds is 11. The summed E-state index contributed by atoms with van der Waals surface area (Å²) >= 11 is 1.30. The van der Waals surface area contributed by atoms with E-state index in [1.807, 2.05) is 6.08 Å². The standard InChI is InChI=1S/C16H26O5S/c1-13(17)22-12-14(9-7-11-16(19)21-3)8-5-4-6-10-15(18)20-2/h7,9,14H,4-6,8,10-12H2,1-3H3/b9-7+. The van der Waals surface area contributed by atoms with Crippen LogP contribution >= 0.6 is 11.8 Å². The molecule has 0 heterocycles. The quantitative estimate of drug-likeness (QED) is 0.329. The third kappa shape index (κ3) is 12.4. The lowest BCUT2D eigenvalue weighted by Gasteiger charge is -2.11. The molecule has 0 fully saturated rings. The number of esters is 2. The summed E-state index contributed by atoms with van der Waals surface area (Å²) in [6.45, 7) is 1.55. The molecule has 5 nitrogen and oxygen atoms in total. The summed E-state index contributed by atoms with van der Waals surface area (Å²) in [6, 6.07) is 0. The Bertz CT molecular complexity index is 379. The average molecular weight is 330 g/mol. The SMILES string of the molecule is COC(=O)C/C=C/C(CCCCCC(=O)OC)CSC(C)=O. The number of ether oxygens (including phenoxy) is 2. The largest absolute Gasteiger partial charge is 0.469 e. The molecule has 0 aliphatic rings. The number of methoxy groups -OCH3 is 2. The smallest absolute Gasteiger partial charge is 0.309 e. The maximum atomic E-state index is 11.1. The van der Waals surface area contributed by atoms with Gasteiger partial charge in [0.1, 0.15) is 0 Å². The number of unbranched alkanes of at least 4 members (excludes halogenated alkanes) is 2. The molecular formula is C16H26O5S. The van der Waals surface area contributed by atoms with E-state index in [2.05, 4.69) is 9.47 Å². The van der Waals surface area contributed by atoms with Gasteiger partial charge in [-0.15, -0.1) is 0 Å². The Morgan fingerprint density at radius 1 is 1.05 bits per heavy atom. The molecule has 0 saturated heterocycles. The lowest BCUT2D eigenvalue weighted by molar-refractivity contribution is -0.141. The monoisotopic (exact) mass is 330 g/mol. The minimum absolute atomic E-state index is 0.0945. The van der Waals surface area contributed by atoms with Gasteiger partial charge < -0.3 is 9.47 Å². The molecule has 0 aromatic carbocycles. The number of carbonyl (C=O) groups excluding carboxylic acids is 3. The predicted octanol–water partition coefficient (Wildman–Crippen LogP) is 3.13. The molecule has 1 unspecified atom stereocenters. The Kier molecular flexibility index (Phi) is 12.6. The highest BCUT2D eigenvalue weighted by Gasteiger charge is 2.08. The van der Waals surface area contributed by atoms with E-state index in [4.69, 9.17) is 0 Å². The molecule has 0 aliphatic heterocycles. The summed E-state index contributed by atoms with van der Waals surface area (Å²) in [5, 5.41) is 0.0945. The topological polar surface area (TPSA) is 69.7 Å². The van der Waals surface area contributed by atoms with Gasteiger partial charge in [-0.1, -0.05) is 36.8 Å². The molecule has 0 bridgehead atoms. The molecule has 0 radical (unpaired) electrons. The Hall–Kier alpha value is -1.30. The maximum absolute atomic E-state index is 11.1. The Balaban J connectivity index is 4.09. The van der Waals surface area contributed by atoms with E-state index in [0.717, 1.165) is 25.7 Å². The second kappa shape index (κ2) is 13.4. The molecule has 0 amide bonds. The van der Waals surface area contributed by atoms with Gasteiger partial charge in [-0.3, -0.25) is 14.4 Å². The van der Waals surface area contributed by atoms with Gasteiger partial charge in [0.05, 0.1) is 20.6 Å². The van der Waals surface area contributed by atoms with Gasteiger partial charge in [-0.05, 0) is 18.8 Å². The van der Waals surface area contributed by atoms with Crippen LogP contribution in [0.25, 0.3) is 0 Å². The van der Waals surface area contributed by atoms with Crippen LogP contribution in [0.3, 0.4) is 0 Å². The van der Waals surface area contributed by atoms with E-state index in [9.17, 15) is 14.4 Å². The van der Waals surface area contributed by atoms with Gasteiger partial charge in [-0.25, -0.2) is 0 Å². The van der Waals surface area contributed by atoms with Crippen LogP contribution in [0.15, 0.2) is 12.2 Å². The van der Waals surface area contributed by atoms with E-state index >= 15 is 0 Å². The lowest BCUT2D eigenvalue weighted by Crippen LogP contribution is -2.04. The van der Waals surface area contributed by atoms with Crippen molar-refractivity contribution in [2.45, 2.75) is 45.4 Å². The summed E-state index contributed by atoms with van der Waals surface area (Å²) in [6.07, 6.45) is 8.13. The first-order chi connectivity index (χ1) is 10.5. The zero-order valence-electron chi connectivity index (χ0n) is 13.6. The van der Waals surface area contributed by atoms with Gasteiger partial charge in [0.25, 0.3) is 0 Å². The van der Waals surface area contributed by atoms with Gasteiger partial charge in [0.2, 0.25) is 0 Å². The van der Waals surface area contributed by atoms with Gasteiger partial charge in [-0.2, -0.15) is 0 Å². The van der Waals surface area contributed by atoms with Gasteiger partial charge in [0.15, 0.2) is 5.12 Å². The molecule has 0 aromatic rings. The van der Waals surface area contributed by atoms with Crippen LogP contribution in [-0.2, 0) is 23.9 Å². The van der Waals surface area contributed by atoms with Crippen LogP contribution in [-0.4, -0.2) is 37.0 Å². The van der Waals surface area contributed by atoms with Crippen molar-refractivity contribution in [1.29, 1.82) is 0 Å². The number of allylic oxidation sites excluding steroid dienone is 1.